The Morgan fingerprint density at radius 1 is 0.921 bits per heavy atom. The Morgan fingerprint density at radius 3 is 2.26 bits per heavy atom. The molecule has 1 fully saturated rings. The Labute approximate surface area is 225 Å². The second-order valence-electron chi connectivity index (χ2n) is 8.97. The summed E-state index contributed by atoms with van der Waals surface area (Å²) in [5, 5.41) is 21.4. The average Bonchev–Trinajstić information content (AvgIpc) is 3.20. The van der Waals surface area contributed by atoms with Crippen LogP contribution in [0.1, 0.15) is 28.3 Å². The summed E-state index contributed by atoms with van der Waals surface area (Å²) in [7, 11) is 0. The number of ketones is 1. The Kier molecular flexibility index (Phi) is 6.90. The lowest BCUT2D eigenvalue weighted by Crippen LogP contribution is -2.29. The van der Waals surface area contributed by atoms with Crippen LogP contribution < -0.4 is 9.64 Å². The molecule has 0 aromatic heterocycles. The molecule has 7 heteroatoms. The number of ether oxygens (including phenoxy) is 1. The zero-order valence-corrected chi connectivity index (χ0v) is 21.2. The molecule has 190 valence electrons. The fourth-order valence-corrected chi connectivity index (χ4v) is 4.73. The van der Waals surface area contributed by atoms with Crippen molar-refractivity contribution in [3.05, 3.63) is 130 Å². The normalized spacial score (nSPS) is 16.6. The number of phenolic OH excluding ortho intramolecular Hbond substituents is 1. The molecule has 2 N–H and O–H groups in total. The van der Waals surface area contributed by atoms with E-state index in [-0.39, 0.29) is 22.1 Å². The molecule has 4 aromatic rings. The lowest BCUT2D eigenvalue weighted by atomic mass is 9.94. The molecule has 4 aromatic carbocycles. The molecule has 1 aliphatic heterocycles. The number of hydrogen-bond donors (Lipinski definition) is 2. The number of carbonyl (C=O) groups is 2. The van der Waals surface area contributed by atoms with Gasteiger partial charge in [0.25, 0.3) is 11.7 Å². The van der Waals surface area contributed by atoms with Crippen LogP contribution >= 0.6 is 11.6 Å². The van der Waals surface area contributed by atoms with E-state index in [1.165, 1.54) is 17.0 Å². The van der Waals surface area contributed by atoms with Crippen LogP contribution in [0.3, 0.4) is 0 Å². The number of nitrogens with zero attached hydrogens (tertiary/aromatic N) is 1. The van der Waals surface area contributed by atoms with E-state index in [9.17, 15) is 19.8 Å². The molecule has 0 aliphatic carbocycles. The molecule has 0 bridgehead atoms. The summed E-state index contributed by atoms with van der Waals surface area (Å²) in [5.41, 5.74) is 3.04. The summed E-state index contributed by atoms with van der Waals surface area (Å²) in [6, 6.07) is 27.1. The lowest BCUT2D eigenvalue weighted by Gasteiger charge is -2.25. The molecule has 1 amide bonds. The minimum absolute atomic E-state index is 0.0666. The summed E-state index contributed by atoms with van der Waals surface area (Å²) in [6.07, 6.45) is 0. The molecule has 1 atom stereocenters. The first kappa shape index (κ1) is 25.1. The van der Waals surface area contributed by atoms with E-state index in [4.69, 9.17) is 16.3 Å². The number of aliphatic hydroxyl groups excluding tert-OH is 1. The van der Waals surface area contributed by atoms with Crippen molar-refractivity contribution in [3.8, 4) is 11.5 Å². The molecule has 5 rings (SSSR count). The van der Waals surface area contributed by atoms with Crippen molar-refractivity contribution in [2.45, 2.75) is 19.6 Å². The molecule has 1 unspecified atom stereocenters. The quantitative estimate of drug-likeness (QED) is 0.169. The number of aromatic hydroxyl groups is 1. The fourth-order valence-electron chi connectivity index (χ4n) is 4.55. The highest BCUT2D eigenvalue weighted by Crippen LogP contribution is 2.43. The third-order valence-electron chi connectivity index (χ3n) is 6.45. The molecule has 6 nitrogen and oxygen atoms in total. The number of carbonyl (C=O) groups excluding carboxylic acids is 2. The summed E-state index contributed by atoms with van der Waals surface area (Å²) in [4.78, 5) is 27.9. The number of aliphatic hydroxyl groups is 1. The maximum atomic E-state index is 13.3. The van der Waals surface area contributed by atoms with Crippen molar-refractivity contribution in [1.82, 2.24) is 0 Å². The Bertz CT molecular complexity index is 1550. The van der Waals surface area contributed by atoms with Crippen molar-refractivity contribution in [2.75, 3.05) is 4.90 Å². The van der Waals surface area contributed by atoms with Gasteiger partial charge in [-0.3, -0.25) is 14.5 Å². The molecule has 0 radical (unpaired) electrons. The number of phenols is 1. The van der Waals surface area contributed by atoms with Crippen LogP contribution in [-0.2, 0) is 16.2 Å². The zero-order chi connectivity index (χ0) is 26.8. The highest BCUT2D eigenvalue weighted by atomic mass is 35.5. The van der Waals surface area contributed by atoms with Gasteiger partial charge >= 0.3 is 0 Å². The van der Waals surface area contributed by atoms with E-state index in [0.29, 0.717) is 29.2 Å². The van der Waals surface area contributed by atoms with Crippen LogP contribution in [0.2, 0.25) is 5.02 Å². The molecule has 38 heavy (non-hydrogen) atoms. The van der Waals surface area contributed by atoms with Crippen LogP contribution in [0.25, 0.3) is 5.76 Å². The topological polar surface area (TPSA) is 87.1 Å². The van der Waals surface area contributed by atoms with Gasteiger partial charge in [0.2, 0.25) is 0 Å². The molecule has 1 aliphatic rings. The number of hydrogen-bond acceptors (Lipinski definition) is 5. The molecule has 1 saturated heterocycles. The van der Waals surface area contributed by atoms with Gasteiger partial charge in [-0.05, 0) is 66.1 Å². The number of Topliss-reactive ketones (excluding diaryl/α,β-unsaturated/α-hetero) is 1. The monoisotopic (exact) mass is 525 g/mol. The largest absolute Gasteiger partial charge is 0.507 e. The fraction of sp³-hybridized carbons (Fsp3) is 0.0968. The van der Waals surface area contributed by atoms with Gasteiger partial charge < -0.3 is 14.9 Å². The SMILES string of the molecule is Cc1cc(/C(O)=C2/C(=O)C(=O)N(c3ccccc3)C2c2ccc(O)c(Cl)c2)ccc1OCc1ccccc1. The molecular formula is C31H24ClNO5. The van der Waals surface area contributed by atoms with Gasteiger partial charge in [-0.15, -0.1) is 0 Å². The predicted molar refractivity (Wildman–Crippen MR) is 146 cm³/mol. The van der Waals surface area contributed by atoms with Crippen LogP contribution in [0.4, 0.5) is 5.69 Å². The number of halogens is 1. The molecule has 1 heterocycles. The summed E-state index contributed by atoms with van der Waals surface area (Å²) in [6.45, 7) is 2.23. The minimum atomic E-state index is -0.954. The smallest absolute Gasteiger partial charge is 0.300 e. The number of rotatable bonds is 6. The first-order chi connectivity index (χ1) is 18.3. The van der Waals surface area contributed by atoms with Crippen molar-refractivity contribution in [3.63, 3.8) is 0 Å². The van der Waals surface area contributed by atoms with Gasteiger partial charge in [0.15, 0.2) is 0 Å². The van der Waals surface area contributed by atoms with Gasteiger partial charge in [-0.25, -0.2) is 0 Å². The number of anilines is 1. The van der Waals surface area contributed by atoms with Crippen LogP contribution in [-0.4, -0.2) is 21.9 Å². The van der Waals surface area contributed by atoms with Crippen LogP contribution in [0, 0.1) is 6.92 Å². The standard InChI is InChI=1S/C31H24ClNO5/c1-19-16-22(13-15-26(19)38-18-20-8-4-2-5-9-20)29(35)27-28(21-12-14-25(34)24(32)17-21)33(31(37)30(27)36)23-10-6-3-7-11-23/h2-17,28,34-35H,18H2,1H3/b29-27-. The summed E-state index contributed by atoms with van der Waals surface area (Å²) >= 11 is 6.18. The van der Waals surface area contributed by atoms with Crippen molar-refractivity contribution in [2.24, 2.45) is 0 Å². The maximum absolute atomic E-state index is 13.3. The Balaban J connectivity index is 1.57. The third-order valence-corrected chi connectivity index (χ3v) is 6.75. The van der Waals surface area contributed by atoms with Crippen LogP contribution in [0.5, 0.6) is 11.5 Å². The predicted octanol–water partition coefficient (Wildman–Crippen LogP) is 6.56. The van der Waals surface area contributed by atoms with E-state index in [1.54, 1.807) is 54.6 Å². The summed E-state index contributed by atoms with van der Waals surface area (Å²) < 4.78 is 5.95. The van der Waals surface area contributed by atoms with Gasteiger partial charge in [-0.2, -0.15) is 0 Å². The minimum Gasteiger partial charge on any atom is -0.507 e. The highest BCUT2D eigenvalue weighted by molar-refractivity contribution is 6.51. The van der Waals surface area contributed by atoms with Crippen LogP contribution in [0.15, 0.2) is 103 Å². The first-order valence-corrected chi connectivity index (χ1v) is 12.3. The molecule has 0 spiro atoms. The van der Waals surface area contributed by atoms with Crippen molar-refractivity contribution >= 4 is 34.7 Å². The second-order valence-corrected chi connectivity index (χ2v) is 9.38. The number of amides is 1. The molecule has 0 saturated carbocycles. The van der Waals surface area contributed by atoms with Crippen molar-refractivity contribution in [1.29, 1.82) is 0 Å². The number of benzene rings is 4. The zero-order valence-electron chi connectivity index (χ0n) is 20.5. The Hall–Kier alpha value is -4.55. The number of para-hydroxylation sites is 1. The average molecular weight is 526 g/mol. The van der Waals surface area contributed by atoms with E-state index in [1.807, 2.05) is 37.3 Å². The Morgan fingerprint density at radius 2 is 1.61 bits per heavy atom. The maximum Gasteiger partial charge on any atom is 0.300 e. The first-order valence-electron chi connectivity index (χ1n) is 12.0. The van der Waals surface area contributed by atoms with Gasteiger partial charge in [0, 0.05) is 11.3 Å². The number of aryl methyl sites for hydroxylation is 1. The van der Waals surface area contributed by atoms with Gasteiger partial charge in [0.1, 0.15) is 23.9 Å². The van der Waals surface area contributed by atoms with Gasteiger partial charge in [0.05, 0.1) is 16.6 Å². The third kappa shape index (κ3) is 4.74. The van der Waals surface area contributed by atoms with E-state index >= 15 is 0 Å². The molecular weight excluding hydrogens is 502 g/mol. The van der Waals surface area contributed by atoms with Gasteiger partial charge in [-0.1, -0.05) is 66.2 Å². The van der Waals surface area contributed by atoms with Crippen molar-refractivity contribution < 1.29 is 24.5 Å². The highest BCUT2D eigenvalue weighted by Gasteiger charge is 2.47. The van der Waals surface area contributed by atoms with E-state index in [2.05, 4.69) is 0 Å². The summed E-state index contributed by atoms with van der Waals surface area (Å²) in [5.74, 6) is -1.39. The second kappa shape index (κ2) is 10.4. The lowest BCUT2D eigenvalue weighted by molar-refractivity contribution is -0.132. The van der Waals surface area contributed by atoms with E-state index < -0.39 is 17.7 Å². The van der Waals surface area contributed by atoms with E-state index in [0.717, 1.165) is 11.1 Å².